The molecule has 1 N–H and O–H groups in total. The molecular formula is C22H38O4. The summed E-state index contributed by atoms with van der Waals surface area (Å²) in [6, 6.07) is 0. The van der Waals surface area contributed by atoms with E-state index in [4.69, 9.17) is 4.74 Å². The van der Waals surface area contributed by atoms with Crippen LogP contribution in [0.1, 0.15) is 96.3 Å². The van der Waals surface area contributed by atoms with Crippen LogP contribution in [0, 0.1) is 11.8 Å². The number of hydrogen-bond acceptors (Lipinski definition) is 3. The number of rotatable bonds is 15. The third kappa shape index (κ3) is 9.98. The van der Waals surface area contributed by atoms with Crippen LogP contribution in [0.4, 0.5) is 0 Å². The zero-order chi connectivity index (χ0) is 19.0. The molecule has 4 heteroatoms. The van der Waals surface area contributed by atoms with Crippen molar-refractivity contribution in [1.82, 2.24) is 0 Å². The molecule has 26 heavy (non-hydrogen) atoms. The minimum Gasteiger partial charge on any atom is -0.481 e. The number of unbranched alkanes of at least 4 members (excludes halogenated alkanes) is 10. The highest BCUT2D eigenvalue weighted by Crippen LogP contribution is 2.31. The molecule has 1 fully saturated rings. The van der Waals surface area contributed by atoms with E-state index in [9.17, 15) is 14.7 Å². The molecule has 1 aliphatic rings. The molecule has 4 nitrogen and oxygen atoms in total. The summed E-state index contributed by atoms with van der Waals surface area (Å²) in [6.45, 7) is 4.18. The van der Waals surface area contributed by atoms with Gasteiger partial charge in [0.2, 0.25) is 0 Å². The lowest BCUT2D eigenvalue weighted by Gasteiger charge is -2.26. The Morgan fingerprint density at radius 3 is 1.88 bits per heavy atom. The second kappa shape index (κ2) is 14.8. The minimum atomic E-state index is -0.854. The predicted molar refractivity (Wildman–Crippen MR) is 105 cm³/mol. The van der Waals surface area contributed by atoms with Gasteiger partial charge in [-0.05, 0) is 32.1 Å². The Bertz CT molecular complexity index is 405. The smallest absolute Gasteiger partial charge is 0.309 e. The molecule has 0 spiro atoms. The number of carbonyl (C=O) groups is 2. The fraction of sp³-hybridized carbons (Fsp3) is 0.818. The van der Waals surface area contributed by atoms with Crippen LogP contribution >= 0.6 is 0 Å². The van der Waals surface area contributed by atoms with E-state index in [0.29, 0.717) is 19.4 Å². The van der Waals surface area contributed by atoms with E-state index in [-0.39, 0.29) is 5.97 Å². The number of hydrogen-bond donors (Lipinski definition) is 1. The van der Waals surface area contributed by atoms with Gasteiger partial charge in [-0.3, -0.25) is 9.59 Å². The molecule has 0 aromatic carbocycles. The Hall–Kier alpha value is -1.32. The van der Waals surface area contributed by atoms with Gasteiger partial charge in [-0.25, -0.2) is 0 Å². The first-order valence-electron chi connectivity index (χ1n) is 10.7. The van der Waals surface area contributed by atoms with Gasteiger partial charge in [0.25, 0.3) is 0 Å². The van der Waals surface area contributed by atoms with Gasteiger partial charge < -0.3 is 9.84 Å². The monoisotopic (exact) mass is 366 g/mol. The van der Waals surface area contributed by atoms with Crippen LogP contribution in [-0.4, -0.2) is 23.7 Å². The molecule has 0 amide bonds. The summed E-state index contributed by atoms with van der Waals surface area (Å²) in [5.41, 5.74) is 0. The number of esters is 1. The minimum absolute atomic E-state index is 0.298. The molecule has 0 aliphatic heterocycles. The molecule has 0 radical (unpaired) electrons. The molecule has 1 rings (SSSR count). The predicted octanol–water partition coefficient (Wildman–Crippen LogP) is 5.90. The highest BCUT2D eigenvalue weighted by molar-refractivity contribution is 5.81. The maximum Gasteiger partial charge on any atom is 0.309 e. The average molecular weight is 367 g/mol. The number of carboxylic acids is 1. The fourth-order valence-electron chi connectivity index (χ4n) is 3.79. The highest BCUT2D eigenvalue weighted by atomic mass is 16.5. The summed E-state index contributed by atoms with van der Waals surface area (Å²) >= 11 is 0. The van der Waals surface area contributed by atoms with E-state index in [1.165, 1.54) is 51.4 Å². The Morgan fingerprint density at radius 1 is 0.846 bits per heavy atom. The van der Waals surface area contributed by atoms with Crippen LogP contribution < -0.4 is 0 Å². The van der Waals surface area contributed by atoms with Crippen LogP contribution in [0.5, 0.6) is 0 Å². The molecular weight excluding hydrogens is 328 g/mol. The third-order valence-corrected chi connectivity index (χ3v) is 5.43. The Labute approximate surface area is 159 Å². The van der Waals surface area contributed by atoms with Gasteiger partial charge in [0.15, 0.2) is 0 Å². The molecule has 2 unspecified atom stereocenters. The van der Waals surface area contributed by atoms with Crippen molar-refractivity contribution in [1.29, 1.82) is 0 Å². The van der Waals surface area contributed by atoms with Gasteiger partial charge in [-0.1, -0.05) is 70.3 Å². The lowest BCUT2D eigenvalue weighted by Crippen LogP contribution is -2.33. The van der Waals surface area contributed by atoms with Crippen LogP contribution in [0.3, 0.4) is 0 Å². The van der Waals surface area contributed by atoms with Gasteiger partial charge in [-0.2, -0.15) is 0 Å². The zero-order valence-electron chi connectivity index (χ0n) is 16.4. The molecule has 0 bridgehead atoms. The first-order valence-corrected chi connectivity index (χ1v) is 10.7. The van der Waals surface area contributed by atoms with E-state index in [1.807, 2.05) is 6.08 Å². The standard InChI is InChI=1S/C22H38O4/c1-2-3-4-5-6-7-8-9-10-11-12-15-18-26-22(25)20-17-14-13-16-19(20)21(23)24/h2,19-20H,1,3-18H2,(H,23,24). The van der Waals surface area contributed by atoms with Crippen molar-refractivity contribution in [3.05, 3.63) is 12.7 Å². The fourth-order valence-corrected chi connectivity index (χ4v) is 3.79. The van der Waals surface area contributed by atoms with Crippen molar-refractivity contribution in [3.8, 4) is 0 Å². The normalized spacial score (nSPS) is 19.8. The summed E-state index contributed by atoms with van der Waals surface area (Å²) in [7, 11) is 0. The first-order chi connectivity index (χ1) is 12.7. The molecule has 0 aromatic rings. The van der Waals surface area contributed by atoms with Gasteiger partial charge in [-0.15, -0.1) is 6.58 Å². The quantitative estimate of drug-likeness (QED) is 0.223. The van der Waals surface area contributed by atoms with Crippen molar-refractivity contribution < 1.29 is 19.4 Å². The van der Waals surface area contributed by atoms with Gasteiger partial charge in [0.1, 0.15) is 0 Å². The highest BCUT2D eigenvalue weighted by Gasteiger charge is 2.36. The van der Waals surface area contributed by atoms with Crippen molar-refractivity contribution in [3.63, 3.8) is 0 Å². The van der Waals surface area contributed by atoms with E-state index in [2.05, 4.69) is 6.58 Å². The largest absolute Gasteiger partial charge is 0.481 e. The maximum atomic E-state index is 12.1. The number of aliphatic carboxylic acids is 1. The summed E-state index contributed by atoms with van der Waals surface area (Å²) in [6.07, 6.45) is 18.5. The average Bonchev–Trinajstić information content (AvgIpc) is 2.65. The molecule has 1 aliphatic carbocycles. The second-order valence-electron chi connectivity index (χ2n) is 7.62. The Kier molecular flexibility index (Phi) is 12.9. The third-order valence-electron chi connectivity index (χ3n) is 5.43. The van der Waals surface area contributed by atoms with Crippen LogP contribution in [0.15, 0.2) is 12.7 Å². The molecule has 150 valence electrons. The summed E-state index contributed by atoms with van der Waals surface area (Å²) < 4.78 is 5.34. The SMILES string of the molecule is C=CCCCCCCCCCCCCOC(=O)C1CCCCC1C(=O)O. The summed E-state index contributed by atoms with van der Waals surface area (Å²) in [4.78, 5) is 23.4. The molecule has 2 atom stereocenters. The number of allylic oxidation sites excluding steroid dienone is 1. The van der Waals surface area contributed by atoms with Gasteiger partial charge in [0.05, 0.1) is 18.4 Å². The Morgan fingerprint density at radius 2 is 1.35 bits per heavy atom. The lowest BCUT2D eigenvalue weighted by atomic mass is 9.79. The first kappa shape index (κ1) is 22.7. The van der Waals surface area contributed by atoms with Gasteiger partial charge >= 0.3 is 11.9 Å². The van der Waals surface area contributed by atoms with Crippen LogP contribution in [0.25, 0.3) is 0 Å². The molecule has 1 saturated carbocycles. The van der Waals surface area contributed by atoms with E-state index < -0.39 is 17.8 Å². The number of carboxylic acid groups (broad SMARTS) is 1. The van der Waals surface area contributed by atoms with Crippen LogP contribution in [0.2, 0.25) is 0 Å². The van der Waals surface area contributed by atoms with Crippen molar-refractivity contribution in [2.45, 2.75) is 96.3 Å². The maximum absolute atomic E-state index is 12.1. The second-order valence-corrected chi connectivity index (χ2v) is 7.62. The molecule has 0 aromatic heterocycles. The molecule has 0 saturated heterocycles. The Balaban J connectivity index is 1.94. The van der Waals surface area contributed by atoms with Gasteiger partial charge in [0, 0.05) is 0 Å². The zero-order valence-corrected chi connectivity index (χ0v) is 16.4. The van der Waals surface area contributed by atoms with E-state index in [0.717, 1.165) is 32.1 Å². The van der Waals surface area contributed by atoms with Crippen molar-refractivity contribution in [2.24, 2.45) is 11.8 Å². The summed E-state index contributed by atoms with van der Waals surface area (Å²) in [5, 5.41) is 9.23. The van der Waals surface area contributed by atoms with E-state index in [1.54, 1.807) is 0 Å². The lowest BCUT2D eigenvalue weighted by molar-refractivity contribution is -0.159. The van der Waals surface area contributed by atoms with Crippen molar-refractivity contribution in [2.75, 3.05) is 6.61 Å². The molecule has 0 heterocycles. The van der Waals surface area contributed by atoms with Crippen LogP contribution in [-0.2, 0) is 14.3 Å². The summed E-state index contributed by atoms with van der Waals surface area (Å²) in [5.74, 6) is -2.14. The number of ether oxygens (including phenoxy) is 1. The topological polar surface area (TPSA) is 63.6 Å². The number of carbonyl (C=O) groups excluding carboxylic acids is 1. The van der Waals surface area contributed by atoms with Crippen molar-refractivity contribution >= 4 is 11.9 Å². The van der Waals surface area contributed by atoms with E-state index >= 15 is 0 Å².